The Morgan fingerprint density at radius 1 is 1.00 bits per heavy atom. The van der Waals surface area contributed by atoms with Crippen molar-refractivity contribution in [2.24, 2.45) is 0 Å². The number of aliphatic hydroxyl groups is 1. The number of fused-ring (bicyclic) bond motifs is 1. The number of hydrogen-bond donors (Lipinski definition) is 2. The van der Waals surface area contributed by atoms with E-state index in [0.717, 1.165) is 18.4 Å². The highest BCUT2D eigenvalue weighted by molar-refractivity contribution is 5.95. The monoisotopic (exact) mass is 525 g/mol. The number of rotatable bonds is 6. The van der Waals surface area contributed by atoms with Gasteiger partial charge in [0.25, 0.3) is 5.91 Å². The summed E-state index contributed by atoms with van der Waals surface area (Å²) < 4.78 is 6.83. The largest absolute Gasteiger partial charge is 0.464 e. The highest BCUT2D eigenvalue weighted by Gasteiger charge is 2.25. The average Bonchev–Trinajstić information content (AvgIpc) is 2.95. The van der Waals surface area contributed by atoms with Crippen LogP contribution in [0.2, 0.25) is 0 Å². The van der Waals surface area contributed by atoms with Crippen molar-refractivity contribution in [3.05, 3.63) is 105 Å². The molecule has 0 bridgehead atoms. The predicted octanol–water partition coefficient (Wildman–Crippen LogP) is 4.10. The minimum absolute atomic E-state index is 0.0505. The maximum absolute atomic E-state index is 13.7. The van der Waals surface area contributed by atoms with E-state index in [9.17, 15) is 19.5 Å². The van der Waals surface area contributed by atoms with Crippen LogP contribution in [-0.2, 0) is 11.2 Å². The van der Waals surface area contributed by atoms with E-state index in [1.54, 1.807) is 41.0 Å². The van der Waals surface area contributed by atoms with Crippen LogP contribution >= 0.6 is 0 Å². The zero-order valence-corrected chi connectivity index (χ0v) is 22.0. The average molecular weight is 526 g/mol. The lowest BCUT2D eigenvalue weighted by molar-refractivity contribution is 0.0589. The number of hydrogen-bond acceptors (Lipinski definition) is 6. The van der Waals surface area contributed by atoms with E-state index in [1.807, 2.05) is 37.3 Å². The van der Waals surface area contributed by atoms with Crippen LogP contribution in [0.3, 0.4) is 0 Å². The second kappa shape index (κ2) is 11.2. The van der Waals surface area contributed by atoms with Crippen LogP contribution in [0, 0.1) is 6.92 Å². The van der Waals surface area contributed by atoms with E-state index in [-0.39, 0.29) is 35.6 Å². The van der Waals surface area contributed by atoms with E-state index >= 15 is 0 Å². The number of carbonyl (C=O) groups is 2. The highest BCUT2D eigenvalue weighted by atomic mass is 16.5. The lowest BCUT2D eigenvalue weighted by atomic mass is 9.93. The Balaban J connectivity index is 1.53. The van der Waals surface area contributed by atoms with Crippen LogP contribution in [0.25, 0.3) is 16.7 Å². The van der Waals surface area contributed by atoms with Crippen molar-refractivity contribution in [2.45, 2.75) is 51.2 Å². The van der Waals surface area contributed by atoms with Gasteiger partial charge >= 0.3 is 5.97 Å². The number of pyridine rings is 2. The molecule has 0 spiro atoms. The molecule has 200 valence electrons. The minimum atomic E-state index is -0.634. The standard InChI is InChI=1S/C31H31N3O5/c1-19-8-17-25-28(36)26(27(31(38)39-2)34(29(25)32-19)23-6-4-3-5-7-23)18-20-9-11-21(12-10-20)30(37)33-22-13-15-24(35)16-14-22/h3-12,17,22,24,35H,13-16,18H2,1-2H3,(H,33,37)/t22-,24-. The van der Waals surface area contributed by atoms with E-state index in [2.05, 4.69) is 10.3 Å². The summed E-state index contributed by atoms with van der Waals surface area (Å²) in [6.45, 7) is 1.83. The summed E-state index contributed by atoms with van der Waals surface area (Å²) >= 11 is 0. The molecule has 0 radical (unpaired) electrons. The summed E-state index contributed by atoms with van der Waals surface area (Å²) in [5.41, 5.74) is 3.20. The smallest absolute Gasteiger partial charge is 0.355 e. The van der Waals surface area contributed by atoms with Gasteiger partial charge in [-0.2, -0.15) is 0 Å². The molecule has 2 N–H and O–H groups in total. The third-order valence-electron chi connectivity index (χ3n) is 7.28. The van der Waals surface area contributed by atoms with E-state index < -0.39 is 5.97 Å². The number of nitrogens with one attached hydrogen (secondary N) is 1. The van der Waals surface area contributed by atoms with Gasteiger partial charge in [0, 0.05) is 35.0 Å². The second-order valence-electron chi connectivity index (χ2n) is 10.00. The number of aromatic nitrogens is 2. The Hall–Kier alpha value is -4.30. The van der Waals surface area contributed by atoms with Crippen molar-refractivity contribution in [3.8, 4) is 5.69 Å². The van der Waals surface area contributed by atoms with Gasteiger partial charge in [0.05, 0.1) is 18.6 Å². The van der Waals surface area contributed by atoms with Gasteiger partial charge in [-0.3, -0.25) is 14.2 Å². The highest BCUT2D eigenvalue weighted by Crippen LogP contribution is 2.24. The topological polar surface area (TPSA) is 111 Å². The van der Waals surface area contributed by atoms with Gasteiger partial charge in [0.2, 0.25) is 0 Å². The van der Waals surface area contributed by atoms with Gasteiger partial charge in [-0.1, -0.05) is 30.3 Å². The summed E-state index contributed by atoms with van der Waals surface area (Å²) in [5, 5.41) is 13.2. The molecule has 8 heteroatoms. The number of nitrogens with zero attached hydrogens (tertiary/aromatic N) is 2. The molecule has 0 saturated heterocycles. The fourth-order valence-electron chi connectivity index (χ4n) is 5.17. The Labute approximate surface area is 226 Å². The van der Waals surface area contributed by atoms with Gasteiger partial charge in [0.1, 0.15) is 11.3 Å². The summed E-state index contributed by atoms with van der Waals surface area (Å²) in [6, 6.07) is 19.9. The molecule has 0 aliphatic heterocycles. The molecule has 39 heavy (non-hydrogen) atoms. The summed E-state index contributed by atoms with van der Waals surface area (Å²) in [6.07, 6.45) is 2.77. The van der Waals surface area contributed by atoms with Crippen molar-refractivity contribution in [1.82, 2.24) is 14.9 Å². The second-order valence-corrected chi connectivity index (χ2v) is 10.00. The van der Waals surface area contributed by atoms with Gasteiger partial charge in [-0.25, -0.2) is 9.78 Å². The molecule has 2 aromatic carbocycles. The number of para-hydroxylation sites is 1. The molecule has 4 aromatic rings. The molecular weight excluding hydrogens is 494 g/mol. The molecule has 1 fully saturated rings. The molecule has 8 nitrogen and oxygen atoms in total. The van der Waals surface area contributed by atoms with Gasteiger partial charge < -0.3 is 15.2 Å². The zero-order chi connectivity index (χ0) is 27.5. The Morgan fingerprint density at radius 3 is 2.36 bits per heavy atom. The Bertz CT molecular complexity index is 1570. The SMILES string of the molecule is COC(=O)c1c(Cc2ccc(C(=O)N[C@H]3CC[C@H](O)CC3)cc2)c(=O)c2ccc(C)nc2n1-c1ccccc1. The number of benzene rings is 2. The fraction of sp³-hybridized carbons (Fsp3) is 0.290. The summed E-state index contributed by atoms with van der Waals surface area (Å²) in [4.78, 5) is 44.3. The third-order valence-corrected chi connectivity index (χ3v) is 7.28. The molecule has 1 aliphatic carbocycles. The first-order valence-corrected chi connectivity index (χ1v) is 13.1. The van der Waals surface area contributed by atoms with Crippen LogP contribution in [-0.4, -0.2) is 45.8 Å². The lowest BCUT2D eigenvalue weighted by Gasteiger charge is -2.26. The molecule has 1 saturated carbocycles. The Kier molecular flexibility index (Phi) is 7.56. The first-order valence-electron chi connectivity index (χ1n) is 13.1. The third kappa shape index (κ3) is 5.47. The number of aliphatic hydroxyl groups excluding tert-OH is 1. The van der Waals surface area contributed by atoms with Crippen LogP contribution in [0.5, 0.6) is 0 Å². The Morgan fingerprint density at radius 2 is 1.69 bits per heavy atom. The molecule has 5 rings (SSSR count). The normalized spacial score (nSPS) is 17.1. The van der Waals surface area contributed by atoms with Crippen LogP contribution < -0.4 is 10.7 Å². The van der Waals surface area contributed by atoms with Crippen molar-refractivity contribution in [3.63, 3.8) is 0 Å². The number of carbonyl (C=O) groups excluding carboxylic acids is 2. The van der Waals surface area contributed by atoms with Gasteiger partial charge in [-0.05, 0) is 74.6 Å². The van der Waals surface area contributed by atoms with Crippen molar-refractivity contribution in [2.75, 3.05) is 7.11 Å². The maximum Gasteiger partial charge on any atom is 0.355 e. The molecular formula is C31H31N3O5. The number of esters is 1. The van der Waals surface area contributed by atoms with E-state index in [4.69, 9.17) is 4.74 Å². The molecule has 1 amide bonds. The van der Waals surface area contributed by atoms with Crippen molar-refractivity contribution in [1.29, 1.82) is 0 Å². The number of ether oxygens (including phenoxy) is 1. The summed E-state index contributed by atoms with van der Waals surface area (Å²) in [7, 11) is 1.29. The predicted molar refractivity (Wildman–Crippen MR) is 148 cm³/mol. The quantitative estimate of drug-likeness (QED) is 0.367. The van der Waals surface area contributed by atoms with Crippen LogP contribution in [0.1, 0.15) is 63.4 Å². The number of amides is 1. The lowest BCUT2D eigenvalue weighted by Crippen LogP contribution is -2.38. The first kappa shape index (κ1) is 26.3. The van der Waals surface area contributed by atoms with Crippen molar-refractivity contribution >= 4 is 22.9 Å². The fourth-order valence-corrected chi connectivity index (χ4v) is 5.17. The number of methoxy groups -OCH3 is 1. The van der Waals surface area contributed by atoms with Gasteiger partial charge in [-0.15, -0.1) is 0 Å². The van der Waals surface area contributed by atoms with Crippen LogP contribution in [0.15, 0.2) is 71.5 Å². The molecule has 2 aromatic heterocycles. The maximum atomic E-state index is 13.7. The molecule has 0 unspecified atom stereocenters. The van der Waals surface area contributed by atoms with Gasteiger partial charge in [0.15, 0.2) is 5.43 Å². The summed E-state index contributed by atoms with van der Waals surface area (Å²) in [5.74, 6) is -0.804. The molecule has 2 heterocycles. The van der Waals surface area contributed by atoms with E-state index in [0.29, 0.717) is 46.4 Å². The van der Waals surface area contributed by atoms with Crippen molar-refractivity contribution < 1.29 is 19.4 Å². The zero-order valence-electron chi connectivity index (χ0n) is 22.0. The minimum Gasteiger partial charge on any atom is -0.464 e. The van der Waals surface area contributed by atoms with Crippen LogP contribution in [0.4, 0.5) is 0 Å². The number of aryl methyl sites for hydroxylation is 1. The molecule has 0 atom stereocenters. The molecule has 1 aliphatic rings. The van der Waals surface area contributed by atoms with E-state index in [1.165, 1.54) is 7.11 Å². The first-order chi connectivity index (χ1) is 18.9.